The summed E-state index contributed by atoms with van der Waals surface area (Å²) in [5.41, 5.74) is 5.58. The van der Waals surface area contributed by atoms with Gasteiger partial charge in [0.2, 0.25) is 18.6 Å². The molecule has 35 heavy (non-hydrogen) atoms. The summed E-state index contributed by atoms with van der Waals surface area (Å²) in [6.45, 7) is 4.75. The number of carbonyl (C=O) groups excluding carboxylic acids is 2. The van der Waals surface area contributed by atoms with Crippen LogP contribution in [0.4, 0.5) is 5.69 Å². The standard InChI is InChI=1S/C29H30N2O4/c1-4-27(32)31(3)17-20-6-8-21(9-7-20)24-16-23(11-5-19(24)2)30-28(33)29(13-14-29)22-10-12-25-26(15-22)35-18-34-25/h5-12,15-16H,4,13-14,17-18H2,1-3H3,(H,30,33). The van der Waals surface area contributed by atoms with Crippen LogP contribution in [0.25, 0.3) is 11.1 Å². The maximum Gasteiger partial charge on any atom is 0.235 e. The second-order valence-corrected chi connectivity index (χ2v) is 9.43. The highest BCUT2D eigenvalue weighted by Crippen LogP contribution is 2.51. The first-order chi connectivity index (χ1) is 16.9. The van der Waals surface area contributed by atoms with Crippen molar-refractivity contribution in [3.8, 4) is 22.6 Å². The van der Waals surface area contributed by atoms with E-state index in [9.17, 15) is 9.59 Å². The molecule has 6 heteroatoms. The largest absolute Gasteiger partial charge is 0.454 e. The van der Waals surface area contributed by atoms with Gasteiger partial charge >= 0.3 is 0 Å². The van der Waals surface area contributed by atoms with Crippen molar-refractivity contribution in [3.63, 3.8) is 0 Å². The highest BCUT2D eigenvalue weighted by Gasteiger charge is 2.51. The summed E-state index contributed by atoms with van der Waals surface area (Å²) in [5, 5.41) is 3.15. The zero-order valence-electron chi connectivity index (χ0n) is 20.4. The summed E-state index contributed by atoms with van der Waals surface area (Å²) >= 11 is 0. The van der Waals surface area contributed by atoms with Crippen molar-refractivity contribution in [3.05, 3.63) is 77.4 Å². The lowest BCUT2D eigenvalue weighted by molar-refractivity contribution is -0.130. The zero-order chi connectivity index (χ0) is 24.6. The lowest BCUT2D eigenvalue weighted by atomic mass is 9.94. The van der Waals surface area contributed by atoms with E-state index in [2.05, 4.69) is 36.5 Å². The van der Waals surface area contributed by atoms with E-state index in [0.29, 0.717) is 18.7 Å². The first-order valence-electron chi connectivity index (χ1n) is 12.0. The van der Waals surface area contributed by atoms with Crippen molar-refractivity contribution in [2.24, 2.45) is 0 Å². The number of amides is 2. The van der Waals surface area contributed by atoms with Gasteiger partial charge in [-0.05, 0) is 71.8 Å². The predicted octanol–water partition coefficient (Wildman–Crippen LogP) is 5.43. The molecule has 3 aromatic rings. The second kappa shape index (κ2) is 9.10. The van der Waals surface area contributed by atoms with Crippen LogP contribution >= 0.6 is 0 Å². The van der Waals surface area contributed by atoms with Gasteiger partial charge in [0.05, 0.1) is 5.41 Å². The van der Waals surface area contributed by atoms with Gasteiger partial charge in [0.15, 0.2) is 11.5 Å². The van der Waals surface area contributed by atoms with Crippen LogP contribution in [0.1, 0.15) is 42.9 Å². The molecule has 1 N–H and O–H groups in total. The number of rotatable bonds is 7. The fourth-order valence-corrected chi connectivity index (χ4v) is 4.65. The van der Waals surface area contributed by atoms with Crippen LogP contribution in [0.2, 0.25) is 0 Å². The molecule has 5 rings (SSSR count). The summed E-state index contributed by atoms with van der Waals surface area (Å²) in [6, 6.07) is 20.1. The highest BCUT2D eigenvalue weighted by molar-refractivity contribution is 6.02. The van der Waals surface area contributed by atoms with Crippen LogP contribution in [0, 0.1) is 6.92 Å². The van der Waals surface area contributed by atoms with E-state index < -0.39 is 5.41 Å². The van der Waals surface area contributed by atoms with Crippen molar-refractivity contribution >= 4 is 17.5 Å². The van der Waals surface area contributed by atoms with Crippen LogP contribution in [0.3, 0.4) is 0 Å². The molecule has 0 radical (unpaired) electrons. The average Bonchev–Trinajstić information content (AvgIpc) is 3.56. The summed E-state index contributed by atoms with van der Waals surface area (Å²) in [6.07, 6.45) is 2.13. The monoisotopic (exact) mass is 470 g/mol. The topological polar surface area (TPSA) is 67.9 Å². The van der Waals surface area contributed by atoms with Crippen LogP contribution in [-0.2, 0) is 21.5 Å². The molecule has 1 aliphatic heterocycles. The number of aryl methyl sites for hydroxylation is 1. The Morgan fingerprint density at radius 2 is 1.71 bits per heavy atom. The smallest absolute Gasteiger partial charge is 0.235 e. The predicted molar refractivity (Wildman–Crippen MR) is 135 cm³/mol. The van der Waals surface area contributed by atoms with Crippen LogP contribution in [-0.4, -0.2) is 30.6 Å². The van der Waals surface area contributed by atoms with Crippen LogP contribution in [0.15, 0.2) is 60.7 Å². The first-order valence-corrected chi connectivity index (χ1v) is 12.0. The Hall–Kier alpha value is -3.80. The normalized spacial score (nSPS) is 14.9. The molecule has 1 saturated carbocycles. The van der Waals surface area contributed by atoms with Gasteiger partial charge in [0.25, 0.3) is 0 Å². The molecule has 6 nitrogen and oxygen atoms in total. The van der Waals surface area contributed by atoms with Crippen molar-refractivity contribution in [2.75, 3.05) is 19.2 Å². The van der Waals surface area contributed by atoms with E-state index in [0.717, 1.165) is 52.1 Å². The average molecular weight is 471 g/mol. The molecule has 0 unspecified atom stereocenters. The third-order valence-electron chi connectivity index (χ3n) is 7.02. The molecular formula is C29H30N2O4. The lowest BCUT2D eigenvalue weighted by Gasteiger charge is -2.18. The summed E-state index contributed by atoms with van der Waals surface area (Å²) in [7, 11) is 1.83. The number of nitrogens with zero attached hydrogens (tertiary/aromatic N) is 1. The number of nitrogens with one attached hydrogen (secondary N) is 1. The molecule has 3 aromatic carbocycles. The van der Waals surface area contributed by atoms with Crippen molar-refractivity contribution < 1.29 is 19.1 Å². The summed E-state index contributed by atoms with van der Waals surface area (Å²) < 4.78 is 10.9. The Kier molecular flexibility index (Phi) is 5.97. The fraction of sp³-hybridized carbons (Fsp3) is 0.310. The SMILES string of the molecule is CCC(=O)N(C)Cc1ccc(-c2cc(NC(=O)C3(c4ccc5c(c4)OCO5)CC3)ccc2C)cc1. The van der Waals surface area contributed by atoms with E-state index in [1.165, 1.54) is 0 Å². The number of ether oxygens (including phenoxy) is 2. The van der Waals surface area contributed by atoms with Crippen LogP contribution < -0.4 is 14.8 Å². The molecule has 0 bridgehead atoms. The van der Waals surface area contributed by atoms with E-state index in [1.54, 1.807) is 4.90 Å². The number of fused-ring (bicyclic) bond motifs is 1. The maximum atomic E-state index is 13.3. The quantitative estimate of drug-likeness (QED) is 0.500. The molecule has 1 fully saturated rings. The van der Waals surface area contributed by atoms with Gasteiger partial charge in [-0.1, -0.05) is 43.3 Å². The van der Waals surface area contributed by atoms with Crippen molar-refractivity contribution in [2.45, 2.75) is 45.1 Å². The van der Waals surface area contributed by atoms with Gasteiger partial charge in [-0.2, -0.15) is 0 Å². The Bertz CT molecular complexity index is 1280. The number of hydrogen-bond acceptors (Lipinski definition) is 4. The number of anilines is 1. The van der Waals surface area contributed by atoms with Crippen LogP contribution in [0.5, 0.6) is 11.5 Å². The molecule has 2 aliphatic rings. The molecule has 0 saturated heterocycles. The van der Waals surface area contributed by atoms with Gasteiger partial charge < -0.3 is 19.7 Å². The maximum absolute atomic E-state index is 13.3. The van der Waals surface area contributed by atoms with Gasteiger partial charge in [0.1, 0.15) is 0 Å². The Morgan fingerprint density at radius 1 is 0.971 bits per heavy atom. The minimum atomic E-state index is -0.518. The lowest BCUT2D eigenvalue weighted by Crippen LogP contribution is -2.27. The summed E-state index contributed by atoms with van der Waals surface area (Å²) in [5.74, 6) is 1.56. The van der Waals surface area contributed by atoms with E-state index >= 15 is 0 Å². The zero-order valence-corrected chi connectivity index (χ0v) is 20.4. The van der Waals surface area contributed by atoms with E-state index in [-0.39, 0.29) is 18.6 Å². The molecule has 180 valence electrons. The minimum Gasteiger partial charge on any atom is -0.454 e. The molecule has 1 aliphatic carbocycles. The third kappa shape index (κ3) is 4.48. The van der Waals surface area contributed by atoms with Gasteiger partial charge in [-0.15, -0.1) is 0 Å². The number of benzene rings is 3. The number of carbonyl (C=O) groups is 2. The highest BCUT2D eigenvalue weighted by atomic mass is 16.7. The number of hydrogen-bond donors (Lipinski definition) is 1. The fourth-order valence-electron chi connectivity index (χ4n) is 4.65. The van der Waals surface area contributed by atoms with Crippen molar-refractivity contribution in [1.29, 1.82) is 0 Å². The molecule has 2 amide bonds. The first kappa shape index (κ1) is 23.0. The minimum absolute atomic E-state index is 0.00476. The van der Waals surface area contributed by atoms with E-state index in [1.807, 2.05) is 50.4 Å². The molecule has 0 spiro atoms. The molecule has 1 heterocycles. The Balaban J connectivity index is 1.32. The van der Waals surface area contributed by atoms with E-state index in [4.69, 9.17) is 9.47 Å². The molecular weight excluding hydrogens is 440 g/mol. The third-order valence-corrected chi connectivity index (χ3v) is 7.02. The van der Waals surface area contributed by atoms with Gasteiger partial charge in [-0.25, -0.2) is 0 Å². The Morgan fingerprint density at radius 3 is 2.43 bits per heavy atom. The van der Waals surface area contributed by atoms with Gasteiger partial charge in [0, 0.05) is 25.7 Å². The Labute approximate surface area is 205 Å². The van der Waals surface area contributed by atoms with Gasteiger partial charge in [-0.3, -0.25) is 9.59 Å². The molecule has 0 atom stereocenters. The summed E-state index contributed by atoms with van der Waals surface area (Å²) in [4.78, 5) is 27.0. The van der Waals surface area contributed by atoms with Crippen molar-refractivity contribution in [1.82, 2.24) is 4.90 Å². The molecule has 0 aromatic heterocycles. The second-order valence-electron chi connectivity index (χ2n) is 9.43.